The number of carbonyl (C=O) groups excluding carboxylic acids is 1. The molecule has 112 valence electrons. The molecule has 0 saturated carbocycles. The number of likely N-dealkylation sites (tertiary alicyclic amines) is 1. The molecule has 1 atom stereocenters. The van der Waals surface area contributed by atoms with Crippen LogP contribution in [0.1, 0.15) is 35.9 Å². The standard InChI is InChI=1S/C13H22N4O2S/c1-2-5-15-13-16-11(14)10(20-13)12(19)17-6-3-9(8-17)4-7-18/h9,18H,2-8,14H2,1H3,(H,15,16). The molecule has 0 spiro atoms. The van der Waals surface area contributed by atoms with Crippen molar-refractivity contribution in [3.8, 4) is 0 Å². The fourth-order valence-corrected chi connectivity index (χ4v) is 3.25. The number of aromatic nitrogens is 1. The molecule has 1 aliphatic heterocycles. The molecule has 4 N–H and O–H groups in total. The molecule has 1 fully saturated rings. The summed E-state index contributed by atoms with van der Waals surface area (Å²) in [5.41, 5.74) is 5.85. The van der Waals surface area contributed by atoms with Crippen LogP contribution in [0.25, 0.3) is 0 Å². The van der Waals surface area contributed by atoms with Crippen LogP contribution in [0.4, 0.5) is 10.9 Å². The van der Waals surface area contributed by atoms with Crippen molar-refractivity contribution in [2.24, 2.45) is 5.92 Å². The highest BCUT2D eigenvalue weighted by Crippen LogP contribution is 2.29. The summed E-state index contributed by atoms with van der Waals surface area (Å²) in [5.74, 6) is 0.671. The van der Waals surface area contributed by atoms with Gasteiger partial charge in [0.25, 0.3) is 5.91 Å². The summed E-state index contributed by atoms with van der Waals surface area (Å²) < 4.78 is 0. The van der Waals surface area contributed by atoms with Gasteiger partial charge in [0.2, 0.25) is 0 Å². The third-order valence-corrected chi connectivity index (χ3v) is 4.50. The van der Waals surface area contributed by atoms with Crippen LogP contribution in [0.2, 0.25) is 0 Å². The first kappa shape index (κ1) is 15.1. The van der Waals surface area contributed by atoms with E-state index in [0.29, 0.717) is 28.3 Å². The Bertz CT molecular complexity index is 463. The van der Waals surface area contributed by atoms with Gasteiger partial charge in [0, 0.05) is 26.2 Å². The Morgan fingerprint density at radius 2 is 2.45 bits per heavy atom. The number of aliphatic hydroxyl groups is 1. The number of carbonyl (C=O) groups is 1. The first-order valence-electron chi connectivity index (χ1n) is 7.06. The third-order valence-electron chi connectivity index (χ3n) is 3.48. The highest BCUT2D eigenvalue weighted by atomic mass is 32.1. The zero-order valence-electron chi connectivity index (χ0n) is 11.8. The van der Waals surface area contributed by atoms with E-state index in [1.54, 1.807) is 0 Å². The number of amides is 1. The highest BCUT2D eigenvalue weighted by molar-refractivity contribution is 7.18. The highest BCUT2D eigenvalue weighted by Gasteiger charge is 2.29. The quantitative estimate of drug-likeness (QED) is 0.738. The molecule has 1 aromatic rings. The Kier molecular flexibility index (Phi) is 5.19. The summed E-state index contributed by atoms with van der Waals surface area (Å²) >= 11 is 1.32. The molecule has 2 rings (SSSR count). The number of hydrogen-bond donors (Lipinski definition) is 3. The van der Waals surface area contributed by atoms with Crippen LogP contribution in [0.3, 0.4) is 0 Å². The van der Waals surface area contributed by atoms with Crippen LogP contribution in [-0.4, -0.2) is 47.1 Å². The topological polar surface area (TPSA) is 91.5 Å². The Hall–Kier alpha value is -1.34. The number of nitrogen functional groups attached to an aromatic ring is 1. The lowest BCUT2D eigenvalue weighted by molar-refractivity contribution is 0.0790. The van der Waals surface area contributed by atoms with Crippen molar-refractivity contribution < 1.29 is 9.90 Å². The Labute approximate surface area is 123 Å². The first-order chi connectivity index (χ1) is 9.65. The minimum atomic E-state index is -0.0370. The lowest BCUT2D eigenvalue weighted by Gasteiger charge is -2.15. The van der Waals surface area contributed by atoms with E-state index < -0.39 is 0 Å². The predicted molar refractivity (Wildman–Crippen MR) is 81.0 cm³/mol. The smallest absolute Gasteiger partial charge is 0.267 e. The van der Waals surface area contributed by atoms with E-state index in [2.05, 4.69) is 17.2 Å². The number of nitrogens with two attached hydrogens (primary N) is 1. The van der Waals surface area contributed by atoms with Gasteiger partial charge in [-0.3, -0.25) is 4.79 Å². The molecule has 0 bridgehead atoms. The van der Waals surface area contributed by atoms with Crippen molar-refractivity contribution in [3.63, 3.8) is 0 Å². The zero-order valence-corrected chi connectivity index (χ0v) is 12.6. The van der Waals surface area contributed by atoms with E-state index in [0.717, 1.165) is 32.4 Å². The van der Waals surface area contributed by atoms with E-state index >= 15 is 0 Å². The second kappa shape index (κ2) is 6.90. The van der Waals surface area contributed by atoms with Gasteiger partial charge < -0.3 is 21.1 Å². The van der Waals surface area contributed by atoms with Crippen LogP contribution in [0.5, 0.6) is 0 Å². The maximum atomic E-state index is 12.4. The van der Waals surface area contributed by atoms with E-state index in [4.69, 9.17) is 10.8 Å². The molecule has 7 heteroatoms. The van der Waals surface area contributed by atoms with Crippen LogP contribution in [-0.2, 0) is 0 Å². The van der Waals surface area contributed by atoms with E-state index in [1.807, 2.05) is 4.90 Å². The molecule has 1 aromatic heterocycles. The maximum absolute atomic E-state index is 12.4. The Balaban J connectivity index is 2.00. The minimum absolute atomic E-state index is 0.0370. The van der Waals surface area contributed by atoms with Crippen LogP contribution in [0.15, 0.2) is 0 Å². The van der Waals surface area contributed by atoms with Crippen LogP contribution < -0.4 is 11.1 Å². The molecule has 1 unspecified atom stereocenters. The zero-order chi connectivity index (χ0) is 14.5. The first-order valence-corrected chi connectivity index (χ1v) is 7.87. The van der Waals surface area contributed by atoms with Crippen molar-refractivity contribution in [2.45, 2.75) is 26.2 Å². The fraction of sp³-hybridized carbons (Fsp3) is 0.692. The largest absolute Gasteiger partial charge is 0.396 e. The molecule has 1 amide bonds. The molecule has 0 aliphatic carbocycles. The molecule has 1 aliphatic rings. The number of anilines is 2. The van der Waals surface area contributed by atoms with Gasteiger partial charge in [0.05, 0.1) is 0 Å². The lowest BCUT2D eigenvalue weighted by Crippen LogP contribution is -2.28. The molecular weight excluding hydrogens is 276 g/mol. The van der Waals surface area contributed by atoms with Crippen molar-refractivity contribution >= 4 is 28.2 Å². The van der Waals surface area contributed by atoms with Gasteiger partial charge in [-0.1, -0.05) is 18.3 Å². The molecular formula is C13H22N4O2S. The van der Waals surface area contributed by atoms with Gasteiger partial charge in [-0.15, -0.1) is 0 Å². The summed E-state index contributed by atoms with van der Waals surface area (Å²) in [6, 6.07) is 0. The van der Waals surface area contributed by atoms with E-state index in [-0.39, 0.29) is 12.5 Å². The van der Waals surface area contributed by atoms with Crippen molar-refractivity contribution in [1.29, 1.82) is 0 Å². The molecule has 20 heavy (non-hydrogen) atoms. The number of aliphatic hydroxyl groups excluding tert-OH is 1. The molecule has 0 radical (unpaired) electrons. The molecule has 6 nitrogen and oxygen atoms in total. The third kappa shape index (κ3) is 3.40. The second-order valence-corrected chi connectivity index (χ2v) is 6.08. The number of rotatable bonds is 6. The van der Waals surface area contributed by atoms with Gasteiger partial charge in [-0.25, -0.2) is 4.98 Å². The van der Waals surface area contributed by atoms with Gasteiger partial charge in [-0.05, 0) is 25.2 Å². The van der Waals surface area contributed by atoms with Crippen molar-refractivity contribution in [3.05, 3.63) is 4.88 Å². The molecule has 2 heterocycles. The van der Waals surface area contributed by atoms with Crippen molar-refractivity contribution in [2.75, 3.05) is 37.3 Å². The van der Waals surface area contributed by atoms with E-state index in [1.165, 1.54) is 11.3 Å². The summed E-state index contributed by atoms with van der Waals surface area (Å²) in [5, 5.41) is 12.8. The van der Waals surface area contributed by atoms with Crippen LogP contribution in [0, 0.1) is 5.92 Å². The Morgan fingerprint density at radius 3 is 3.15 bits per heavy atom. The lowest BCUT2D eigenvalue weighted by atomic mass is 10.1. The van der Waals surface area contributed by atoms with E-state index in [9.17, 15) is 4.79 Å². The number of hydrogen-bond acceptors (Lipinski definition) is 6. The monoisotopic (exact) mass is 298 g/mol. The molecule has 1 saturated heterocycles. The summed E-state index contributed by atoms with van der Waals surface area (Å²) in [4.78, 5) is 19.0. The van der Waals surface area contributed by atoms with Crippen molar-refractivity contribution in [1.82, 2.24) is 9.88 Å². The SMILES string of the molecule is CCCNc1nc(N)c(C(=O)N2CCC(CCO)C2)s1. The van der Waals surface area contributed by atoms with Gasteiger partial charge in [0.1, 0.15) is 10.7 Å². The van der Waals surface area contributed by atoms with Gasteiger partial charge >= 0.3 is 0 Å². The predicted octanol–water partition coefficient (Wildman–Crippen LogP) is 1.39. The number of nitrogens with one attached hydrogen (secondary N) is 1. The average molecular weight is 298 g/mol. The number of thiazole rings is 1. The van der Waals surface area contributed by atoms with Gasteiger partial charge in [-0.2, -0.15) is 0 Å². The minimum Gasteiger partial charge on any atom is -0.396 e. The second-order valence-electron chi connectivity index (χ2n) is 5.08. The fourth-order valence-electron chi connectivity index (χ4n) is 2.37. The average Bonchev–Trinajstić information content (AvgIpc) is 3.03. The van der Waals surface area contributed by atoms with Crippen LogP contribution >= 0.6 is 11.3 Å². The number of nitrogens with zero attached hydrogens (tertiary/aromatic N) is 2. The summed E-state index contributed by atoms with van der Waals surface area (Å²) in [6.07, 6.45) is 2.70. The summed E-state index contributed by atoms with van der Waals surface area (Å²) in [6.45, 7) is 4.51. The maximum Gasteiger partial charge on any atom is 0.267 e. The normalized spacial score (nSPS) is 18.5. The molecule has 0 aromatic carbocycles. The van der Waals surface area contributed by atoms with Gasteiger partial charge in [0.15, 0.2) is 5.13 Å². The summed E-state index contributed by atoms with van der Waals surface area (Å²) in [7, 11) is 0. The Morgan fingerprint density at radius 1 is 1.65 bits per heavy atom.